The Morgan fingerprint density at radius 2 is 1.95 bits per heavy atom. The molecule has 22 heavy (non-hydrogen) atoms. The minimum Gasteiger partial charge on any atom is -0.493 e. The van der Waals surface area contributed by atoms with Crippen LogP contribution in [0.2, 0.25) is 0 Å². The van der Waals surface area contributed by atoms with E-state index in [1.54, 1.807) is 27.2 Å². The van der Waals surface area contributed by atoms with Gasteiger partial charge in [0.1, 0.15) is 0 Å². The molecule has 118 valence electrons. The molecule has 1 aliphatic rings. The van der Waals surface area contributed by atoms with Crippen molar-refractivity contribution in [2.24, 2.45) is 0 Å². The van der Waals surface area contributed by atoms with Gasteiger partial charge in [-0.3, -0.25) is 0 Å². The largest absolute Gasteiger partial charge is 0.493 e. The fourth-order valence-corrected chi connectivity index (χ4v) is 2.72. The highest BCUT2D eigenvalue weighted by Crippen LogP contribution is 2.38. The Labute approximate surface area is 134 Å². The first-order chi connectivity index (χ1) is 10.5. The first-order valence-electron chi connectivity index (χ1n) is 6.61. The van der Waals surface area contributed by atoms with Crippen molar-refractivity contribution in [3.63, 3.8) is 0 Å². The number of rotatable bonds is 4. The van der Waals surface area contributed by atoms with E-state index in [4.69, 9.17) is 26.4 Å². The Bertz CT molecular complexity index is 642. The standard InChI is InChI=1S/C15H18N2O4S/c1-8-11(14(18)21-4)12(17-15(22)16-8)9-6-5-7-10(19-2)13(9)20-3/h5-7,12H,1-4H3,(H2,16,17,22). The van der Waals surface area contributed by atoms with Gasteiger partial charge in [-0.25, -0.2) is 4.79 Å². The summed E-state index contributed by atoms with van der Waals surface area (Å²) < 4.78 is 15.6. The lowest BCUT2D eigenvalue weighted by Crippen LogP contribution is -2.45. The SMILES string of the molecule is COC(=O)C1=C(C)NC(=S)NC1c1cccc(OC)c1OC. The Kier molecular flexibility index (Phi) is 4.87. The predicted molar refractivity (Wildman–Crippen MR) is 85.9 cm³/mol. The number of hydrogen-bond donors (Lipinski definition) is 2. The van der Waals surface area contributed by atoms with Crippen molar-refractivity contribution in [1.29, 1.82) is 0 Å². The highest BCUT2D eigenvalue weighted by molar-refractivity contribution is 7.80. The zero-order valence-corrected chi connectivity index (χ0v) is 13.7. The van der Waals surface area contributed by atoms with Gasteiger partial charge in [-0.1, -0.05) is 12.1 Å². The summed E-state index contributed by atoms with van der Waals surface area (Å²) in [5, 5.41) is 6.45. The number of ether oxygens (including phenoxy) is 3. The summed E-state index contributed by atoms with van der Waals surface area (Å²) in [6, 6.07) is 4.98. The minimum atomic E-state index is -0.480. The molecule has 6 nitrogen and oxygen atoms in total. The number of benzene rings is 1. The lowest BCUT2D eigenvalue weighted by atomic mass is 9.94. The van der Waals surface area contributed by atoms with E-state index in [-0.39, 0.29) is 0 Å². The third-order valence-corrected chi connectivity index (χ3v) is 3.64. The molecule has 7 heteroatoms. The molecule has 0 radical (unpaired) electrons. The molecule has 1 aliphatic heterocycles. The second-order valence-corrected chi connectivity index (χ2v) is 5.05. The van der Waals surface area contributed by atoms with Crippen molar-refractivity contribution in [3.05, 3.63) is 35.0 Å². The van der Waals surface area contributed by atoms with Crippen LogP contribution in [0.1, 0.15) is 18.5 Å². The molecule has 2 rings (SSSR count). The number of nitrogens with one attached hydrogen (secondary N) is 2. The number of carbonyl (C=O) groups is 1. The fraction of sp³-hybridized carbons (Fsp3) is 0.333. The molecule has 0 saturated carbocycles. The summed E-state index contributed by atoms with van der Waals surface area (Å²) in [5.74, 6) is 0.685. The number of allylic oxidation sites excluding steroid dienone is 1. The Balaban J connectivity index is 2.60. The van der Waals surface area contributed by atoms with Gasteiger partial charge in [-0.2, -0.15) is 0 Å². The van der Waals surface area contributed by atoms with Crippen LogP contribution in [0.15, 0.2) is 29.5 Å². The summed E-state index contributed by atoms with van der Waals surface area (Å²) in [7, 11) is 4.45. The average molecular weight is 322 g/mol. The van der Waals surface area contributed by atoms with E-state index in [2.05, 4.69) is 10.6 Å². The van der Waals surface area contributed by atoms with Crippen molar-refractivity contribution in [2.75, 3.05) is 21.3 Å². The molecule has 0 fully saturated rings. The van der Waals surface area contributed by atoms with Gasteiger partial charge in [0.2, 0.25) is 0 Å². The van der Waals surface area contributed by atoms with Crippen molar-refractivity contribution < 1.29 is 19.0 Å². The smallest absolute Gasteiger partial charge is 0.337 e. The lowest BCUT2D eigenvalue weighted by Gasteiger charge is -2.30. The molecular formula is C15H18N2O4S. The lowest BCUT2D eigenvalue weighted by molar-refractivity contribution is -0.136. The van der Waals surface area contributed by atoms with Crippen molar-refractivity contribution in [1.82, 2.24) is 10.6 Å². The van der Waals surface area contributed by atoms with Crippen LogP contribution in [0.25, 0.3) is 0 Å². The summed E-state index contributed by atoms with van der Waals surface area (Å²) in [5.41, 5.74) is 1.83. The molecule has 1 heterocycles. The van der Waals surface area contributed by atoms with E-state index in [0.29, 0.717) is 27.9 Å². The Hall–Kier alpha value is -2.28. The van der Waals surface area contributed by atoms with Gasteiger partial charge in [0, 0.05) is 11.3 Å². The minimum absolute atomic E-state index is 0.431. The van der Waals surface area contributed by atoms with Crippen molar-refractivity contribution in [2.45, 2.75) is 13.0 Å². The number of carbonyl (C=O) groups excluding carboxylic acids is 1. The third kappa shape index (κ3) is 2.85. The van der Waals surface area contributed by atoms with Gasteiger partial charge < -0.3 is 24.8 Å². The summed E-state index contributed by atoms with van der Waals surface area (Å²) in [6.45, 7) is 1.78. The van der Waals surface area contributed by atoms with Crippen molar-refractivity contribution in [3.8, 4) is 11.5 Å². The van der Waals surface area contributed by atoms with Gasteiger partial charge in [-0.05, 0) is 25.2 Å². The summed E-state index contributed by atoms with van der Waals surface area (Å²) >= 11 is 5.20. The highest BCUT2D eigenvalue weighted by Gasteiger charge is 2.33. The molecule has 1 aromatic carbocycles. The van der Waals surface area contributed by atoms with Crippen molar-refractivity contribution >= 4 is 23.3 Å². The predicted octanol–water partition coefficient (Wildman–Crippen LogP) is 1.67. The van der Waals surface area contributed by atoms with Gasteiger partial charge >= 0.3 is 5.97 Å². The van der Waals surface area contributed by atoms with Crippen LogP contribution in [-0.4, -0.2) is 32.4 Å². The van der Waals surface area contributed by atoms with E-state index in [1.165, 1.54) is 7.11 Å². The Morgan fingerprint density at radius 3 is 2.55 bits per heavy atom. The summed E-state index contributed by atoms with van der Waals surface area (Å²) in [4.78, 5) is 12.1. The van der Waals surface area contributed by atoms with Crippen LogP contribution in [0.3, 0.4) is 0 Å². The zero-order valence-electron chi connectivity index (χ0n) is 12.9. The van der Waals surface area contributed by atoms with Crippen LogP contribution in [0, 0.1) is 0 Å². The second-order valence-electron chi connectivity index (χ2n) is 4.64. The molecule has 0 bridgehead atoms. The van der Waals surface area contributed by atoms with Gasteiger partial charge in [-0.15, -0.1) is 0 Å². The van der Waals surface area contributed by atoms with Crippen LogP contribution in [0.5, 0.6) is 11.5 Å². The van der Waals surface area contributed by atoms with Crippen LogP contribution >= 0.6 is 12.2 Å². The van der Waals surface area contributed by atoms with E-state index < -0.39 is 12.0 Å². The number of hydrogen-bond acceptors (Lipinski definition) is 5. The molecule has 0 aliphatic carbocycles. The van der Waals surface area contributed by atoms with Crippen LogP contribution in [0.4, 0.5) is 0 Å². The molecule has 2 N–H and O–H groups in total. The number of para-hydroxylation sites is 1. The maximum atomic E-state index is 12.1. The quantitative estimate of drug-likeness (QED) is 0.645. The van der Waals surface area contributed by atoms with Crippen LogP contribution < -0.4 is 20.1 Å². The topological polar surface area (TPSA) is 68.8 Å². The molecule has 1 atom stereocenters. The van der Waals surface area contributed by atoms with Gasteiger partial charge in [0.05, 0.1) is 32.9 Å². The van der Waals surface area contributed by atoms with E-state index in [9.17, 15) is 4.79 Å². The normalized spacial score (nSPS) is 17.5. The molecule has 0 amide bonds. The Morgan fingerprint density at radius 1 is 1.23 bits per heavy atom. The maximum Gasteiger partial charge on any atom is 0.337 e. The molecule has 0 aromatic heterocycles. The zero-order chi connectivity index (χ0) is 16.3. The summed E-state index contributed by atoms with van der Waals surface area (Å²) in [6.07, 6.45) is 0. The van der Waals surface area contributed by atoms with Gasteiger partial charge in [0.15, 0.2) is 16.6 Å². The maximum absolute atomic E-state index is 12.1. The molecule has 1 aromatic rings. The number of methoxy groups -OCH3 is 3. The molecule has 0 saturated heterocycles. The monoisotopic (exact) mass is 322 g/mol. The molecule has 0 spiro atoms. The fourth-order valence-electron chi connectivity index (χ4n) is 2.45. The molecular weight excluding hydrogens is 304 g/mol. The first-order valence-corrected chi connectivity index (χ1v) is 7.01. The van der Waals surface area contributed by atoms with E-state index >= 15 is 0 Å². The average Bonchev–Trinajstić information content (AvgIpc) is 2.52. The van der Waals surface area contributed by atoms with E-state index in [0.717, 1.165) is 5.56 Å². The second kappa shape index (κ2) is 6.65. The van der Waals surface area contributed by atoms with E-state index in [1.807, 2.05) is 12.1 Å². The number of esters is 1. The molecule has 1 unspecified atom stereocenters. The van der Waals surface area contributed by atoms with Gasteiger partial charge in [0.25, 0.3) is 0 Å². The first kappa shape index (κ1) is 16.1. The highest BCUT2D eigenvalue weighted by atomic mass is 32.1. The number of thiocarbonyl (C=S) groups is 1. The third-order valence-electron chi connectivity index (χ3n) is 3.42. The van der Waals surface area contributed by atoms with Crippen LogP contribution in [-0.2, 0) is 9.53 Å².